The third kappa shape index (κ3) is 5.69. The first-order chi connectivity index (χ1) is 9.38. The molecular formula is C14H24N4O2. The molecule has 0 atom stereocenters. The van der Waals surface area contributed by atoms with E-state index in [1.165, 1.54) is 4.90 Å². The second-order valence-electron chi connectivity index (χ2n) is 5.01. The normalized spacial score (nSPS) is 10.2. The number of nitrogens with one attached hydrogen (secondary N) is 2. The standard InChI is InChI=1S/C14H24N4O2/c1-10(2)20-13-8-11(15)7-12(9-13)16-5-6-17-14(19)18(3)4/h7-10,16H,5-6,15H2,1-4H3,(H,17,19). The van der Waals surface area contributed by atoms with Gasteiger partial charge in [0.1, 0.15) is 5.75 Å². The van der Waals surface area contributed by atoms with Crippen LogP contribution in [0, 0.1) is 0 Å². The van der Waals surface area contributed by atoms with E-state index >= 15 is 0 Å². The molecule has 1 aromatic rings. The lowest BCUT2D eigenvalue weighted by Gasteiger charge is -2.14. The summed E-state index contributed by atoms with van der Waals surface area (Å²) in [7, 11) is 3.41. The van der Waals surface area contributed by atoms with E-state index in [9.17, 15) is 4.79 Å². The van der Waals surface area contributed by atoms with Crippen LogP contribution in [0.1, 0.15) is 13.8 Å². The van der Waals surface area contributed by atoms with Crippen molar-refractivity contribution in [3.05, 3.63) is 18.2 Å². The number of amides is 2. The lowest BCUT2D eigenvalue weighted by molar-refractivity contribution is 0.218. The first-order valence-electron chi connectivity index (χ1n) is 6.64. The maximum Gasteiger partial charge on any atom is 0.316 e. The molecule has 0 radical (unpaired) electrons. The van der Waals surface area contributed by atoms with Gasteiger partial charge < -0.3 is 26.0 Å². The molecule has 0 bridgehead atoms. The molecule has 1 aromatic carbocycles. The summed E-state index contributed by atoms with van der Waals surface area (Å²) >= 11 is 0. The molecule has 0 unspecified atom stereocenters. The fourth-order valence-electron chi connectivity index (χ4n) is 1.60. The average Bonchev–Trinajstić information content (AvgIpc) is 2.32. The van der Waals surface area contributed by atoms with Crippen molar-refractivity contribution >= 4 is 17.4 Å². The van der Waals surface area contributed by atoms with E-state index in [2.05, 4.69) is 10.6 Å². The zero-order valence-corrected chi connectivity index (χ0v) is 12.6. The number of carbonyl (C=O) groups is 1. The molecule has 0 fully saturated rings. The summed E-state index contributed by atoms with van der Waals surface area (Å²) in [6.45, 7) is 5.08. The van der Waals surface area contributed by atoms with Crippen molar-refractivity contribution in [2.45, 2.75) is 20.0 Å². The summed E-state index contributed by atoms with van der Waals surface area (Å²) < 4.78 is 5.62. The Morgan fingerprint density at radius 1 is 1.30 bits per heavy atom. The van der Waals surface area contributed by atoms with Crippen LogP contribution in [-0.2, 0) is 0 Å². The molecule has 6 nitrogen and oxygen atoms in total. The third-order valence-corrected chi connectivity index (χ3v) is 2.44. The maximum absolute atomic E-state index is 11.3. The summed E-state index contributed by atoms with van der Waals surface area (Å²) in [5.74, 6) is 0.736. The summed E-state index contributed by atoms with van der Waals surface area (Å²) in [4.78, 5) is 12.8. The average molecular weight is 280 g/mol. The predicted molar refractivity (Wildman–Crippen MR) is 82.2 cm³/mol. The van der Waals surface area contributed by atoms with Gasteiger partial charge in [0, 0.05) is 50.7 Å². The number of rotatable bonds is 6. The van der Waals surface area contributed by atoms with E-state index in [1.807, 2.05) is 26.0 Å². The van der Waals surface area contributed by atoms with Crippen molar-refractivity contribution in [2.75, 3.05) is 38.2 Å². The summed E-state index contributed by atoms with van der Waals surface area (Å²) in [6, 6.07) is 5.41. The molecule has 0 spiro atoms. The van der Waals surface area contributed by atoms with Crippen molar-refractivity contribution < 1.29 is 9.53 Å². The lowest BCUT2D eigenvalue weighted by Crippen LogP contribution is -2.37. The van der Waals surface area contributed by atoms with E-state index in [1.54, 1.807) is 20.2 Å². The lowest BCUT2D eigenvalue weighted by atomic mass is 10.2. The highest BCUT2D eigenvalue weighted by Crippen LogP contribution is 2.23. The van der Waals surface area contributed by atoms with Crippen LogP contribution in [0.3, 0.4) is 0 Å². The fraction of sp³-hybridized carbons (Fsp3) is 0.500. The third-order valence-electron chi connectivity index (χ3n) is 2.44. The highest BCUT2D eigenvalue weighted by molar-refractivity contribution is 5.73. The first kappa shape index (κ1) is 15.9. The van der Waals surface area contributed by atoms with Crippen LogP contribution >= 0.6 is 0 Å². The highest BCUT2D eigenvalue weighted by atomic mass is 16.5. The predicted octanol–water partition coefficient (Wildman–Crippen LogP) is 1.74. The molecule has 0 heterocycles. The number of carbonyl (C=O) groups excluding carboxylic acids is 1. The van der Waals surface area contributed by atoms with Gasteiger partial charge in [-0.05, 0) is 19.9 Å². The van der Waals surface area contributed by atoms with E-state index < -0.39 is 0 Å². The number of urea groups is 1. The van der Waals surface area contributed by atoms with Gasteiger partial charge in [-0.1, -0.05) is 0 Å². The fourth-order valence-corrected chi connectivity index (χ4v) is 1.60. The van der Waals surface area contributed by atoms with Crippen LogP contribution in [0.2, 0.25) is 0 Å². The minimum atomic E-state index is -0.108. The zero-order chi connectivity index (χ0) is 15.1. The maximum atomic E-state index is 11.3. The molecule has 0 aromatic heterocycles. The SMILES string of the molecule is CC(C)Oc1cc(N)cc(NCCNC(=O)N(C)C)c1. The van der Waals surface area contributed by atoms with Gasteiger partial charge in [0.25, 0.3) is 0 Å². The number of hydrogen-bond donors (Lipinski definition) is 3. The molecule has 1 rings (SSSR count). The number of nitrogen functional groups attached to an aromatic ring is 1. The number of nitrogens with zero attached hydrogens (tertiary/aromatic N) is 1. The van der Waals surface area contributed by atoms with Crippen LogP contribution in [0.4, 0.5) is 16.2 Å². The largest absolute Gasteiger partial charge is 0.491 e. The van der Waals surface area contributed by atoms with Gasteiger partial charge in [-0.25, -0.2) is 4.79 Å². The Morgan fingerprint density at radius 2 is 2.00 bits per heavy atom. The van der Waals surface area contributed by atoms with Crippen LogP contribution in [0.25, 0.3) is 0 Å². The van der Waals surface area contributed by atoms with E-state index in [4.69, 9.17) is 10.5 Å². The topological polar surface area (TPSA) is 79.6 Å². The van der Waals surface area contributed by atoms with Gasteiger partial charge in [-0.3, -0.25) is 0 Å². The van der Waals surface area contributed by atoms with E-state index in [0.717, 1.165) is 11.4 Å². The molecule has 20 heavy (non-hydrogen) atoms. The van der Waals surface area contributed by atoms with Gasteiger partial charge in [-0.15, -0.1) is 0 Å². The van der Waals surface area contributed by atoms with Gasteiger partial charge in [-0.2, -0.15) is 0 Å². The second kappa shape index (κ2) is 7.47. The monoisotopic (exact) mass is 280 g/mol. The van der Waals surface area contributed by atoms with Crippen molar-refractivity contribution in [3.63, 3.8) is 0 Å². The number of hydrogen-bond acceptors (Lipinski definition) is 4. The Hall–Kier alpha value is -2.11. The molecule has 0 aliphatic rings. The Labute approximate surface area is 120 Å². The van der Waals surface area contributed by atoms with Crippen molar-refractivity contribution in [1.82, 2.24) is 10.2 Å². The molecule has 0 aliphatic carbocycles. The van der Waals surface area contributed by atoms with Gasteiger partial charge in [0.15, 0.2) is 0 Å². The Morgan fingerprint density at radius 3 is 2.60 bits per heavy atom. The van der Waals surface area contributed by atoms with Crippen molar-refractivity contribution in [3.8, 4) is 5.75 Å². The minimum Gasteiger partial charge on any atom is -0.491 e. The van der Waals surface area contributed by atoms with Gasteiger partial charge in [0.2, 0.25) is 0 Å². The molecule has 0 aliphatic heterocycles. The molecular weight excluding hydrogens is 256 g/mol. The highest BCUT2D eigenvalue weighted by Gasteiger charge is 2.03. The van der Waals surface area contributed by atoms with Crippen LogP contribution < -0.4 is 21.1 Å². The van der Waals surface area contributed by atoms with E-state index in [-0.39, 0.29) is 12.1 Å². The molecule has 0 saturated heterocycles. The van der Waals surface area contributed by atoms with Crippen LogP contribution in [-0.4, -0.2) is 44.2 Å². The zero-order valence-electron chi connectivity index (χ0n) is 12.6. The number of benzene rings is 1. The number of ether oxygens (including phenoxy) is 1. The summed E-state index contributed by atoms with van der Waals surface area (Å²) in [6.07, 6.45) is 0.101. The second-order valence-corrected chi connectivity index (χ2v) is 5.01. The van der Waals surface area contributed by atoms with Crippen molar-refractivity contribution in [1.29, 1.82) is 0 Å². The molecule has 6 heteroatoms. The number of anilines is 2. The number of nitrogens with two attached hydrogens (primary N) is 1. The Bertz CT molecular complexity index is 447. The Kier molecular flexibility index (Phi) is 5.96. The van der Waals surface area contributed by atoms with Gasteiger partial charge in [0.05, 0.1) is 6.10 Å². The van der Waals surface area contributed by atoms with E-state index in [0.29, 0.717) is 18.8 Å². The summed E-state index contributed by atoms with van der Waals surface area (Å²) in [5.41, 5.74) is 7.35. The quantitative estimate of drug-likeness (QED) is 0.548. The smallest absolute Gasteiger partial charge is 0.316 e. The van der Waals surface area contributed by atoms with Crippen LogP contribution in [0.15, 0.2) is 18.2 Å². The van der Waals surface area contributed by atoms with Crippen LogP contribution in [0.5, 0.6) is 5.75 Å². The minimum absolute atomic E-state index is 0.101. The van der Waals surface area contributed by atoms with Crippen molar-refractivity contribution in [2.24, 2.45) is 0 Å². The summed E-state index contributed by atoms with van der Waals surface area (Å²) in [5, 5.41) is 5.98. The molecule has 2 amide bonds. The molecule has 4 N–H and O–H groups in total. The van der Waals surface area contributed by atoms with Gasteiger partial charge >= 0.3 is 6.03 Å². The first-order valence-corrected chi connectivity index (χ1v) is 6.64. The molecule has 112 valence electrons. The molecule has 0 saturated carbocycles. The Balaban J connectivity index is 2.47.